The van der Waals surface area contributed by atoms with Gasteiger partial charge in [-0.2, -0.15) is 14.7 Å². The van der Waals surface area contributed by atoms with Gasteiger partial charge in [0.15, 0.2) is 0 Å². The van der Waals surface area contributed by atoms with Crippen molar-refractivity contribution in [3.05, 3.63) is 70.8 Å². The Labute approximate surface area is 158 Å². The Morgan fingerprint density at radius 1 is 1.25 bits per heavy atom. The summed E-state index contributed by atoms with van der Waals surface area (Å²) in [6.07, 6.45) is 7.01. The number of rotatable bonds is 4. The molecule has 0 aliphatic rings. The maximum Gasteiger partial charge on any atom is 0.363 e. The van der Waals surface area contributed by atoms with E-state index >= 15 is 0 Å². The molecule has 0 aliphatic heterocycles. The van der Waals surface area contributed by atoms with Crippen molar-refractivity contribution in [2.45, 2.75) is 13.5 Å². The number of aryl methyl sites for hydroxylation is 1. The summed E-state index contributed by atoms with van der Waals surface area (Å²) in [4.78, 5) is 24.0. The third kappa shape index (κ3) is 2.60. The van der Waals surface area contributed by atoms with Crippen LogP contribution in [0.3, 0.4) is 0 Å². The van der Waals surface area contributed by atoms with Gasteiger partial charge in [-0.25, -0.2) is 14.9 Å². The van der Waals surface area contributed by atoms with Crippen molar-refractivity contribution in [1.29, 1.82) is 0 Å². The molecule has 5 heterocycles. The molecule has 5 rings (SSSR count). The molecular weight excluding hydrogens is 356 g/mol. The van der Waals surface area contributed by atoms with Crippen molar-refractivity contribution in [3.8, 4) is 11.1 Å². The van der Waals surface area contributed by atoms with Crippen LogP contribution in [-0.4, -0.2) is 34.8 Å². The van der Waals surface area contributed by atoms with Gasteiger partial charge in [-0.1, -0.05) is 6.07 Å². The molecule has 28 heavy (non-hydrogen) atoms. The topological polar surface area (TPSA) is 117 Å². The first kappa shape index (κ1) is 16.2. The predicted octanol–water partition coefficient (Wildman–Crippen LogP) is 2.28. The molecule has 0 unspecified atom stereocenters. The van der Waals surface area contributed by atoms with Gasteiger partial charge in [-0.05, 0) is 30.7 Å². The fraction of sp³-hybridized carbons (Fsp3) is 0.105. The smallest absolute Gasteiger partial charge is 0.363 e. The first-order valence-corrected chi connectivity index (χ1v) is 8.75. The summed E-state index contributed by atoms with van der Waals surface area (Å²) in [7, 11) is 0. The minimum atomic E-state index is -0.374. The molecule has 0 saturated carbocycles. The van der Waals surface area contributed by atoms with E-state index in [0.717, 1.165) is 33.4 Å². The second kappa shape index (κ2) is 6.31. The van der Waals surface area contributed by atoms with Gasteiger partial charge < -0.3 is 10.3 Å². The molecule has 0 aliphatic carbocycles. The van der Waals surface area contributed by atoms with Crippen LogP contribution in [0.1, 0.15) is 11.3 Å². The number of aromatic nitrogens is 7. The lowest BCUT2D eigenvalue weighted by atomic mass is 10.0. The SMILES string of the molecule is Cc1nn2c(=O)[nH]ncc2c1-c1cc(NCc2cccnc2)nc2[nH]ccc12. The van der Waals surface area contributed by atoms with Crippen LogP contribution in [0, 0.1) is 6.92 Å². The summed E-state index contributed by atoms with van der Waals surface area (Å²) in [5.41, 5.74) is 4.61. The summed E-state index contributed by atoms with van der Waals surface area (Å²) in [6, 6.07) is 7.84. The van der Waals surface area contributed by atoms with Crippen molar-refractivity contribution in [2.75, 3.05) is 5.32 Å². The Balaban J connectivity index is 1.66. The van der Waals surface area contributed by atoms with E-state index in [9.17, 15) is 4.79 Å². The van der Waals surface area contributed by atoms with Crippen LogP contribution in [-0.2, 0) is 6.54 Å². The van der Waals surface area contributed by atoms with Gasteiger partial charge in [0, 0.05) is 41.6 Å². The van der Waals surface area contributed by atoms with E-state index < -0.39 is 0 Å². The average molecular weight is 372 g/mol. The number of pyridine rings is 2. The number of hydrogen-bond acceptors (Lipinski definition) is 6. The Morgan fingerprint density at radius 2 is 2.18 bits per heavy atom. The summed E-state index contributed by atoms with van der Waals surface area (Å²) < 4.78 is 1.33. The molecule has 9 heteroatoms. The van der Waals surface area contributed by atoms with Gasteiger partial charge >= 0.3 is 5.69 Å². The van der Waals surface area contributed by atoms with Gasteiger partial charge in [0.05, 0.1) is 11.9 Å². The molecule has 5 aromatic rings. The molecule has 0 fully saturated rings. The molecule has 0 atom stereocenters. The Morgan fingerprint density at radius 3 is 3.04 bits per heavy atom. The molecule has 0 aromatic carbocycles. The zero-order chi connectivity index (χ0) is 19.1. The van der Waals surface area contributed by atoms with Crippen LogP contribution in [0.25, 0.3) is 27.7 Å². The summed E-state index contributed by atoms with van der Waals surface area (Å²) >= 11 is 0. The molecule has 5 aromatic heterocycles. The van der Waals surface area contributed by atoms with Crippen LogP contribution in [0.15, 0.2) is 53.8 Å². The van der Waals surface area contributed by atoms with Crippen LogP contribution < -0.4 is 11.0 Å². The highest BCUT2D eigenvalue weighted by Gasteiger charge is 2.18. The van der Waals surface area contributed by atoms with Crippen molar-refractivity contribution in [3.63, 3.8) is 0 Å². The van der Waals surface area contributed by atoms with E-state index in [2.05, 4.69) is 35.6 Å². The van der Waals surface area contributed by atoms with Gasteiger partial charge in [-0.3, -0.25) is 4.98 Å². The zero-order valence-corrected chi connectivity index (χ0v) is 15.0. The van der Waals surface area contributed by atoms with Crippen molar-refractivity contribution in [1.82, 2.24) is 34.8 Å². The number of anilines is 1. The minimum absolute atomic E-state index is 0.374. The zero-order valence-electron chi connectivity index (χ0n) is 15.0. The van der Waals surface area contributed by atoms with E-state index in [1.54, 1.807) is 12.4 Å². The fourth-order valence-electron chi connectivity index (χ4n) is 3.38. The minimum Gasteiger partial charge on any atom is -0.366 e. The normalized spacial score (nSPS) is 11.3. The second-order valence-electron chi connectivity index (χ2n) is 6.44. The van der Waals surface area contributed by atoms with E-state index in [4.69, 9.17) is 0 Å². The molecule has 3 N–H and O–H groups in total. The van der Waals surface area contributed by atoms with Crippen molar-refractivity contribution < 1.29 is 0 Å². The summed E-state index contributed by atoms with van der Waals surface area (Å²) in [5, 5.41) is 15.0. The Kier molecular flexibility index (Phi) is 3.64. The standard InChI is InChI=1S/C19H16N8O/c1-11-17(15-10-23-25-19(28)27(15)26-11)14-7-16(24-18-13(14)4-6-21-18)22-9-12-3-2-5-20-8-12/h2-8,10H,9H2,1H3,(H,25,28)(H2,21,22,24). The van der Waals surface area contributed by atoms with Crippen molar-refractivity contribution in [2.24, 2.45) is 0 Å². The maximum atomic E-state index is 12.1. The number of fused-ring (bicyclic) bond motifs is 2. The lowest BCUT2D eigenvalue weighted by Crippen LogP contribution is -2.18. The van der Waals surface area contributed by atoms with E-state index in [1.165, 1.54) is 4.52 Å². The lowest BCUT2D eigenvalue weighted by Gasteiger charge is -2.09. The molecule has 0 saturated heterocycles. The third-order valence-electron chi connectivity index (χ3n) is 4.63. The highest BCUT2D eigenvalue weighted by Crippen LogP contribution is 2.34. The molecular formula is C19H16N8O. The quantitative estimate of drug-likeness (QED) is 0.446. The Hall–Kier alpha value is -4.01. The first-order chi connectivity index (χ1) is 13.7. The lowest BCUT2D eigenvalue weighted by molar-refractivity contribution is 0.801. The molecule has 0 amide bonds. The number of nitrogens with zero attached hydrogens (tertiary/aromatic N) is 5. The largest absolute Gasteiger partial charge is 0.366 e. The monoisotopic (exact) mass is 372 g/mol. The van der Waals surface area contributed by atoms with Gasteiger partial charge in [0.1, 0.15) is 17.0 Å². The first-order valence-electron chi connectivity index (χ1n) is 8.75. The third-order valence-corrected chi connectivity index (χ3v) is 4.63. The highest BCUT2D eigenvalue weighted by molar-refractivity contribution is 5.99. The average Bonchev–Trinajstić information content (AvgIpc) is 3.31. The molecule has 9 nitrogen and oxygen atoms in total. The van der Waals surface area contributed by atoms with Crippen LogP contribution in [0.2, 0.25) is 0 Å². The van der Waals surface area contributed by atoms with Gasteiger partial charge in [-0.15, -0.1) is 0 Å². The molecule has 0 bridgehead atoms. The number of nitrogens with one attached hydrogen (secondary N) is 3. The van der Waals surface area contributed by atoms with E-state index in [0.29, 0.717) is 17.9 Å². The molecule has 0 radical (unpaired) electrons. The number of H-pyrrole nitrogens is 2. The van der Waals surface area contributed by atoms with E-state index in [1.807, 2.05) is 43.6 Å². The Bertz CT molecular complexity index is 1350. The predicted molar refractivity (Wildman–Crippen MR) is 105 cm³/mol. The van der Waals surface area contributed by atoms with Crippen LogP contribution in [0.4, 0.5) is 5.82 Å². The summed E-state index contributed by atoms with van der Waals surface area (Å²) in [5.74, 6) is 0.713. The van der Waals surface area contributed by atoms with Crippen LogP contribution >= 0.6 is 0 Å². The number of hydrogen-bond donors (Lipinski definition) is 3. The van der Waals surface area contributed by atoms with Crippen LogP contribution in [0.5, 0.6) is 0 Å². The van der Waals surface area contributed by atoms with E-state index in [-0.39, 0.29) is 5.69 Å². The second-order valence-corrected chi connectivity index (χ2v) is 6.44. The maximum absolute atomic E-state index is 12.1. The van der Waals surface area contributed by atoms with Gasteiger partial charge in [0.25, 0.3) is 0 Å². The molecule has 138 valence electrons. The summed E-state index contributed by atoms with van der Waals surface area (Å²) in [6.45, 7) is 2.48. The number of aromatic amines is 2. The highest BCUT2D eigenvalue weighted by atomic mass is 16.1. The van der Waals surface area contributed by atoms with Crippen molar-refractivity contribution >= 4 is 22.4 Å². The fourth-order valence-corrected chi connectivity index (χ4v) is 3.38. The molecule has 0 spiro atoms. The van der Waals surface area contributed by atoms with Gasteiger partial charge in [0.2, 0.25) is 0 Å².